The summed E-state index contributed by atoms with van der Waals surface area (Å²) in [4.78, 5) is 0. The molecule has 0 aromatic heterocycles. The van der Waals surface area contributed by atoms with Crippen LogP contribution in [0.15, 0.2) is 22.4 Å². The molecule has 0 aromatic rings. The first-order valence-electron chi connectivity index (χ1n) is 6.17. The maximum atomic E-state index is 6.17. The molecule has 1 nitrogen and oxygen atoms in total. The highest BCUT2D eigenvalue weighted by Gasteiger charge is 2.37. The molecule has 0 saturated heterocycles. The predicted molar refractivity (Wildman–Crippen MR) is 73.9 cm³/mol. The Morgan fingerprint density at radius 1 is 1.19 bits per heavy atom. The van der Waals surface area contributed by atoms with E-state index in [0.717, 1.165) is 0 Å². The minimum atomic E-state index is -1.72. The summed E-state index contributed by atoms with van der Waals surface area (Å²) in [6, 6.07) is 0. The Labute approximate surface area is 102 Å². The Morgan fingerprint density at radius 3 is 2.00 bits per heavy atom. The summed E-state index contributed by atoms with van der Waals surface area (Å²) in [6.45, 7) is 17.9. The summed E-state index contributed by atoms with van der Waals surface area (Å²) in [5.41, 5.74) is 3.17. The van der Waals surface area contributed by atoms with E-state index in [1.807, 2.05) is 0 Å². The smallest absolute Gasteiger partial charge is 0.218 e. The molecule has 0 N–H and O–H groups in total. The minimum absolute atomic E-state index is 0.212. The van der Waals surface area contributed by atoms with Crippen molar-refractivity contribution in [2.24, 2.45) is 5.41 Å². The number of allylic oxidation sites excluding steroid dienone is 4. The van der Waals surface area contributed by atoms with E-state index in [1.54, 1.807) is 0 Å². The Hall–Kier alpha value is -0.343. The molecule has 0 fully saturated rings. The molecule has 1 rings (SSSR count). The van der Waals surface area contributed by atoms with Crippen LogP contribution in [0.1, 0.15) is 41.5 Å². The van der Waals surface area contributed by atoms with Gasteiger partial charge in [-0.1, -0.05) is 31.1 Å². The molecule has 2 heteroatoms. The Morgan fingerprint density at radius 2 is 1.69 bits per heavy atom. The molecule has 0 aliphatic heterocycles. The van der Waals surface area contributed by atoms with Gasteiger partial charge >= 0.3 is 0 Å². The normalized spacial score (nSPS) is 20.7. The van der Waals surface area contributed by atoms with Crippen LogP contribution in [-0.4, -0.2) is 14.4 Å². The van der Waals surface area contributed by atoms with Crippen LogP contribution in [0.2, 0.25) is 13.1 Å². The van der Waals surface area contributed by atoms with Crippen molar-refractivity contribution in [1.29, 1.82) is 0 Å². The monoisotopic (exact) mass is 238 g/mol. The standard InChI is InChI=1S/C14H26OSi/c1-10(2)15-16(7,8)13-9-14(5,6)12(4)11(13)3/h9-10H,1-8H3. The average Bonchev–Trinajstić information content (AvgIpc) is 2.27. The van der Waals surface area contributed by atoms with Gasteiger partial charge in [-0.2, -0.15) is 0 Å². The van der Waals surface area contributed by atoms with E-state index in [4.69, 9.17) is 4.43 Å². The molecule has 0 spiro atoms. The number of rotatable bonds is 3. The van der Waals surface area contributed by atoms with Crippen LogP contribution < -0.4 is 0 Å². The van der Waals surface area contributed by atoms with Crippen molar-refractivity contribution in [2.75, 3.05) is 0 Å². The van der Waals surface area contributed by atoms with Crippen molar-refractivity contribution in [2.45, 2.75) is 60.7 Å². The zero-order valence-corrected chi connectivity index (χ0v) is 13.1. The maximum Gasteiger partial charge on any atom is 0.218 e. The van der Waals surface area contributed by atoms with Gasteiger partial charge in [0.1, 0.15) is 0 Å². The maximum absolute atomic E-state index is 6.17. The van der Waals surface area contributed by atoms with Crippen LogP contribution in [0.3, 0.4) is 0 Å². The zero-order chi connectivity index (χ0) is 12.7. The highest BCUT2D eigenvalue weighted by Crippen LogP contribution is 2.43. The van der Waals surface area contributed by atoms with E-state index in [-0.39, 0.29) is 5.41 Å². The Balaban J connectivity index is 3.08. The van der Waals surface area contributed by atoms with E-state index < -0.39 is 8.32 Å². The summed E-state index contributed by atoms with van der Waals surface area (Å²) in [6.07, 6.45) is 2.74. The summed E-state index contributed by atoms with van der Waals surface area (Å²) < 4.78 is 6.17. The molecule has 0 heterocycles. The van der Waals surface area contributed by atoms with Crippen LogP contribution in [0, 0.1) is 5.41 Å². The van der Waals surface area contributed by atoms with Gasteiger partial charge in [-0.05, 0) is 46.0 Å². The highest BCUT2D eigenvalue weighted by atomic mass is 28.4. The van der Waals surface area contributed by atoms with Gasteiger partial charge < -0.3 is 4.43 Å². The van der Waals surface area contributed by atoms with Gasteiger partial charge in [0.15, 0.2) is 0 Å². The topological polar surface area (TPSA) is 9.23 Å². The second-order valence-electron chi connectivity index (χ2n) is 6.21. The molecular formula is C14H26OSi. The second kappa shape index (κ2) is 4.15. The van der Waals surface area contributed by atoms with E-state index >= 15 is 0 Å². The Kier molecular flexibility index (Phi) is 3.56. The molecule has 1 aliphatic carbocycles. The first-order valence-corrected chi connectivity index (χ1v) is 9.08. The van der Waals surface area contributed by atoms with Crippen molar-refractivity contribution in [3.05, 3.63) is 22.4 Å². The second-order valence-corrected chi connectivity index (χ2v) is 10.0. The van der Waals surface area contributed by atoms with Gasteiger partial charge in [-0.25, -0.2) is 0 Å². The van der Waals surface area contributed by atoms with E-state index in [9.17, 15) is 0 Å². The zero-order valence-electron chi connectivity index (χ0n) is 12.1. The quantitative estimate of drug-likeness (QED) is 0.660. The van der Waals surface area contributed by atoms with E-state index in [0.29, 0.717) is 6.10 Å². The van der Waals surface area contributed by atoms with Crippen LogP contribution in [-0.2, 0) is 4.43 Å². The van der Waals surface area contributed by atoms with Gasteiger partial charge in [-0.3, -0.25) is 0 Å². The molecule has 0 unspecified atom stereocenters. The molecular weight excluding hydrogens is 212 g/mol. The predicted octanol–water partition coefficient (Wildman–Crippen LogP) is 4.46. The summed E-state index contributed by atoms with van der Waals surface area (Å²) >= 11 is 0. The van der Waals surface area contributed by atoms with Gasteiger partial charge in [0.25, 0.3) is 0 Å². The minimum Gasteiger partial charge on any atom is -0.411 e. The third kappa shape index (κ3) is 2.49. The lowest BCUT2D eigenvalue weighted by molar-refractivity contribution is 0.236. The van der Waals surface area contributed by atoms with Crippen molar-refractivity contribution < 1.29 is 4.43 Å². The molecule has 0 aromatic carbocycles. The molecule has 16 heavy (non-hydrogen) atoms. The summed E-state index contributed by atoms with van der Waals surface area (Å²) in [5, 5.41) is 1.49. The molecule has 1 aliphatic rings. The van der Waals surface area contributed by atoms with Crippen molar-refractivity contribution in [3.8, 4) is 0 Å². The fraction of sp³-hybridized carbons (Fsp3) is 0.714. The van der Waals surface area contributed by atoms with E-state index in [2.05, 4.69) is 60.7 Å². The molecule has 0 amide bonds. The van der Waals surface area contributed by atoms with Gasteiger partial charge in [0, 0.05) is 11.5 Å². The first kappa shape index (κ1) is 13.7. The van der Waals surface area contributed by atoms with Crippen LogP contribution in [0.4, 0.5) is 0 Å². The molecule has 0 bridgehead atoms. The number of hydrogen-bond acceptors (Lipinski definition) is 1. The van der Waals surface area contributed by atoms with Crippen molar-refractivity contribution in [1.82, 2.24) is 0 Å². The van der Waals surface area contributed by atoms with Crippen molar-refractivity contribution >= 4 is 8.32 Å². The lowest BCUT2D eigenvalue weighted by Gasteiger charge is -2.28. The fourth-order valence-electron chi connectivity index (χ4n) is 2.54. The molecule has 0 atom stereocenters. The SMILES string of the molecule is CC1=C(C)C(C)(C)C=C1[Si](C)(C)OC(C)C. The lowest BCUT2D eigenvalue weighted by atomic mass is 9.88. The van der Waals surface area contributed by atoms with E-state index in [1.165, 1.54) is 16.3 Å². The van der Waals surface area contributed by atoms with Crippen LogP contribution in [0.5, 0.6) is 0 Å². The summed E-state index contributed by atoms with van der Waals surface area (Å²) in [7, 11) is -1.72. The van der Waals surface area contributed by atoms with Gasteiger partial charge in [-0.15, -0.1) is 0 Å². The third-order valence-electron chi connectivity index (χ3n) is 3.62. The molecule has 92 valence electrons. The lowest BCUT2D eigenvalue weighted by Crippen LogP contribution is -2.36. The van der Waals surface area contributed by atoms with Crippen molar-refractivity contribution in [3.63, 3.8) is 0 Å². The van der Waals surface area contributed by atoms with Crippen LogP contribution >= 0.6 is 0 Å². The van der Waals surface area contributed by atoms with Gasteiger partial charge in [0.2, 0.25) is 8.32 Å². The third-order valence-corrected chi connectivity index (χ3v) is 6.49. The number of hydrogen-bond donors (Lipinski definition) is 0. The highest BCUT2D eigenvalue weighted by molar-refractivity contribution is 6.79. The average molecular weight is 238 g/mol. The van der Waals surface area contributed by atoms with Crippen LogP contribution in [0.25, 0.3) is 0 Å². The Bertz CT molecular complexity index is 346. The first-order chi connectivity index (χ1) is 7.08. The largest absolute Gasteiger partial charge is 0.411 e. The molecule has 0 saturated carbocycles. The molecule has 0 radical (unpaired) electrons. The van der Waals surface area contributed by atoms with Gasteiger partial charge in [0.05, 0.1) is 0 Å². The summed E-state index contributed by atoms with van der Waals surface area (Å²) in [5.74, 6) is 0. The fourth-order valence-corrected chi connectivity index (χ4v) is 5.65.